The van der Waals surface area contributed by atoms with Crippen molar-refractivity contribution in [3.05, 3.63) is 0 Å². The summed E-state index contributed by atoms with van der Waals surface area (Å²) in [5, 5.41) is 3.19. The van der Waals surface area contributed by atoms with E-state index in [0.29, 0.717) is 41.9 Å². The Kier molecular flexibility index (Phi) is 10.5. The van der Waals surface area contributed by atoms with Gasteiger partial charge in [0.1, 0.15) is 12.2 Å². The Morgan fingerprint density at radius 1 is 0.884 bits per heavy atom. The molecule has 1 amide bonds. The number of rotatable bonds is 11. The number of carbonyl (C=O) groups is 3. The van der Waals surface area contributed by atoms with Crippen molar-refractivity contribution in [3.63, 3.8) is 0 Å². The summed E-state index contributed by atoms with van der Waals surface area (Å²) in [4.78, 5) is 39.4. The van der Waals surface area contributed by atoms with Crippen molar-refractivity contribution in [1.82, 2.24) is 10.2 Å². The van der Waals surface area contributed by atoms with Gasteiger partial charge in [-0.25, -0.2) is 0 Å². The lowest BCUT2D eigenvalue weighted by molar-refractivity contribution is -0.197. The standard InChI is InChI=1S/C36H60N2O5/c1-24(10-13-33(41)37-18-6-7-19-38-20-8-9-21-38)29-11-12-30-34-31(15-17-36(29,30)5)35(4)16-14-28(42-25(2)39)22-27(35)23-32(34)43-26(3)40/h24,27-32,34H,6-23H2,1-5H3,(H,37,41)/t24-,27+,28-,29-,30+,31+,32+,34+,35+,36-/m1/s1. The third-order valence-electron chi connectivity index (χ3n) is 13.3. The highest BCUT2D eigenvalue weighted by Crippen LogP contribution is 2.68. The average Bonchev–Trinajstić information content (AvgIpc) is 3.59. The van der Waals surface area contributed by atoms with Gasteiger partial charge in [0.15, 0.2) is 0 Å². The van der Waals surface area contributed by atoms with Crippen molar-refractivity contribution in [2.75, 3.05) is 26.2 Å². The Hall–Kier alpha value is -1.63. The molecule has 5 rings (SSSR count). The average molecular weight is 601 g/mol. The number of carbonyl (C=O) groups excluding carboxylic acids is 3. The highest BCUT2D eigenvalue weighted by Gasteiger charge is 2.64. The lowest BCUT2D eigenvalue weighted by Crippen LogP contribution is -2.59. The molecule has 0 aromatic rings. The second-order valence-corrected chi connectivity index (χ2v) is 15.7. The molecule has 0 aromatic heterocycles. The van der Waals surface area contributed by atoms with Gasteiger partial charge >= 0.3 is 11.9 Å². The van der Waals surface area contributed by atoms with Gasteiger partial charge in [0, 0.05) is 32.7 Å². The quantitative estimate of drug-likeness (QED) is 0.215. The van der Waals surface area contributed by atoms with Crippen LogP contribution in [-0.4, -0.2) is 61.1 Å². The molecule has 0 spiro atoms. The van der Waals surface area contributed by atoms with E-state index in [-0.39, 0.29) is 40.9 Å². The summed E-state index contributed by atoms with van der Waals surface area (Å²) in [5.41, 5.74) is 0.429. The normalized spacial score (nSPS) is 39.7. The van der Waals surface area contributed by atoms with Crippen molar-refractivity contribution in [3.8, 4) is 0 Å². The van der Waals surface area contributed by atoms with E-state index < -0.39 is 0 Å². The Morgan fingerprint density at radius 2 is 1.58 bits per heavy atom. The summed E-state index contributed by atoms with van der Waals surface area (Å²) >= 11 is 0. The third kappa shape index (κ3) is 7.12. The monoisotopic (exact) mass is 600 g/mol. The molecule has 1 saturated heterocycles. The van der Waals surface area contributed by atoms with Crippen LogP contribution in [0, 0.1) is 46.3 Å². The molecule has 0 unspecified atom stereocenters. The van der Waals surface area contributed by atoms with Crippen LogP contribution in [-0.2, 0) is 23.9 Å². The fraction of sp³-hybridized carbons (Fsp3) is 0.917. The largest absolute Gasteiger partial charge is 0.463 e. The minimum Gasteiger partial charge on any atom is -0.463 e. The van der Waals surface area contributed by atoms with E-state index in [9.17, 15) is 14.4 Å². The third-order valence-corrected chi connectivity index (χ3v) is 13.3. The summed E-state index contributed by atoms with van der Waals surface area (Å²) in [6.45, 7) is 14.9. The second-order valence-electron chi connectivity index (χ2n) is 15.7. The van der Waals surface area contributed by atoms with Gasteiger partial charge in [-0.15, -0.1) is 0 Å². The highest BCUT2D eigenvalue weighted by atomic mass is 16.5. The maximum atomic E-state index is 12.7. The highest BCUT2D eigenvalue weighted by molar-refractivity contribution is 5.75. The van der Waals surface area contributed by atoms with Crippen molar-refractivity contribution < 1.29 is 23.9 Å². The van der Waals surface area contributed by atoms with Crippen LogP contribution < -0.4 is 5.32 Å². The van der Waals surface area contributed by atoms with Gasteiger partial charge in [-0.05, 0) is 144 Å². The van der Waals surface area contributed by atoms with Crippen LogP contribution in [0.2, 0.25) is 0 Å². The Labute approximate surface area is 261 Å². The number of hydrogen-bond acceptors (Lipinski definition) is 6. The summed E-state index contributed by atoms with van der Waals surface area (Å²) in [6, 6.07) is 0. The Balaban J connectivity index is 1.18. The van der Waals surface area contributed by atoms with Crippen molar-refractivity contribution in [2.24, 2.45) is 46.3 Å². The van der Waals surface area contributed by atoms with E-state index in [4.69, 9.17) is 9.47 Å². The molecule has 43 heavy (non-hydrogen) atoms. The maximum Gasteiger partial charge on any atom is 0.302 e. The zero-order chi connectivity index (χ0) is 30.8. The predicted octanol–water partition coefficient (Wildman–Crippen LogP) is 6.53. The molecule has 7 heteroatoms. The lowest BCUT2D eigenvalue weighted by atomic mass is 9.43. The minimum atomic E-state index is -0.191. The molecule has 4 aliphatic carbocycles. The molecule has 1 aliphatic heterocycles. The molecular formula is C36H60N2O5. The number of likely N-dealkylation sites (tertiary alicyclic amines) is 1. The molecular weight excluding hydrogens is 540 g/mol. The van der Waals surface area contributed by atoms with E-state index in [2.05, 4.69) is 31.0 Å². The molecule has 5 aliphatic rings. The van der Waals surface area contributed by atoms with Gasteiger partial charge in [0.25, 0.3) is 0 Å². The van der Waals surface area contributed by atoms with Gasteiger partial charge in [-0.3, -0.25) is 14.4 Å². The predicted molar refractivity (Wildman–Crippen MR) is 168 cm³/mol. The van der Waals surface area contributed by atoms with Crippen LogP contribution in [0.1, 0.15) is 125 Å². The van der Waals surface area contributed by atoms with Crippen LogP contribution in [0.4, 0.5) is 0 Å². The number of hydrogen-bond donors (Lipinski definition) is 1. The molecule has 1 N–H and O–H groups in total. The molecule has 0 radical (unpaired) electrons. The molecule has 4 saturated carbocycles. The van der Waals surface area contributed by atoms with Gasteiger partial charge < -0.3 is 19.7 Å². The van der Waals surface area contributed by atoms with Gasteiger partial charge in [0.2, 0.25) is 5.91 Å². The molecule has 7 nitrogen and oxygen atoms in total. The number of ether oxygens (including phenoxy) is 2. The van der Waals surface area contributed by atoms with Crippen molar-refractivity contribution >= 4 is 17.8 Å². The van der Waals surface area contributed by atoms with E-state index in [1.165, 1.54) is 71.5 Å². The minimum absolute atomic E-state index is 0.0113. The molecule has 5 fully saturated rings. The fourth-order valence-electron chi connectivity index (χ4n) is 11.2. The van der Waals surface area contributed by atoms with Gasteiger partial charge in [-0.2, -0.15) is 0 Å². The van der Waals surface area contributed by atoms with E-state index in [1.54, 1.807) is 6.92 Å². The number of amides is 1. The summed E-state index contributed by atoms with van der Waals surface area (Å²) in [5.74, 6) is 2.86. The van der Waals surface area contributed by atoms with Crippen LogP contribution in [0.5, 0.6) is 0 Å². The number of esters is 2. The van der Waals surface area contributed by atoms with Gasteiger partial charge in [0.05, 0.1) is 0 Å². The SMILES string of the molecule is CC(=O)O[C@@H]1CC[C@@]2(C)[C@@H](C1)C[C@H](OC(C)=O)[C@@H]1[C@@H]2CC[C@]2(C)[C@@H]([C@H](C)CCC(=O)NCCCCN3CCCC3)CC[C@@H]12. The first-order chi connectivity index (χ1) is 20.5. The first-order valence-corrected chi connectivity index (χ1v) is 17.8. The molecule has 1 heterocycles. The zero-order valence-electron chi connectivity index (χ0n) is 27.8. The molecule has 0 bridgehead atoms. The number of unbranched alkanes of at least 4 members (excludes halogenated alkanes) is 1. The van der Waals surface area contributed by atoms with E-state index in [1.807, 2.05) is 0 Å². The van der Waals surface area contributed by atoms with Crippen LogP contribution in [0.25, 0.3) is 0 Å². The zero-order valence-corrected chi connectivity index (χ0v) is 27.8. The molecule has 244 valence electrons. The van der Waals surface area contributed by atoms with E-state index in [0.717, 1.165) is 45.1 Å². The first kappa shape index (κ1) is 32.8. The molecule has 10 atom stereocenters. The summed E-state index contributed by atoms with van der Waals surface area (Å²) in [6.07, 6.45) is 15.0. The lowest BCUT2D eigenvalue weighted by Gasteiger charge is -2.62. The fourth-order valence-corrected chi connectivity index (χ4v) is 11.2. The van der Waals surface area contributed by atoms with Gasteiger partial charge in [-0.1, -0.05) is 20.8 Å². The van der Waals surface area contributed by atoms with Crippen LogP contribution in [0.15, 0.2) is 0 Å². The van der Waals surface area contributed by atoms with E-state index >= 15 is 0 Å². The van der Waals surface area contributed by atoms with Crippen molar-refractivity contribution in [2.45, 2.75) is 137 Å². The Bertz CT molecular complexity index is 996. The summed E-state index contributed by atoms with van der Waals surface area (Å²) < 4.78 is 11.9. The Morgan fingerprint density at radius 3 is 2.30 bits per heavy atom. The number of nitrogens with one attached hydrogen (secondary N) is 1. The molecule has 0 aromatic carbocycles. The van der Waals surface area contributed by atoms with Crippen LogP contribution >= 0.6 is 0 Å². The number of fused-ring (bicyclic) bond motifs is 5. The first-order valence-electron chi connectivity index (χ1n) is 17.8. The summed E-state index contributed by atoms with van der Waals surface area (Å²) in [7, 11) is 0. The maximum absolute atomic E-state index is 12.7. The second kappa shape index (κ2) is 13.8. The van der Waals surface area contributed by atoms with Crippen molar-refractivity contribution in [1.29, 1.82) is 0 Å². The van der Waals surface area contributed by atoms with Crippen LogP contribution in [0.3, 0.4) is 0 Å². The smallest absolute Gasteiger partial charge is 0.302 e. The number of nitrogens with zero attached hydrogens (tertiary/aromatic N) is 1. The topological polar surface area (TPSA) is 84.9 Å².